The number of alkyl halides is 3. The first-order valence-corrected chi connectivity index (χ1v) is 8.89. The highest BCUT2D eigenvalue weighted by molar-refractivity contribution is 6.33. The average Bonchev–Trinajstić information content (AvgIpc) is 2.57. The van der Waals surface area contributed by atoms with Gasteiger partial charge in [-0.2, -0.15) is 13.2 Å². The van der Waals surface area contributed by atoms with Gasteiger partial charge in [-0.15, -0.1) is 0 Å². The summed E-state index contributed by atoms with van der Waals surface area (Å²) in [6.45, 7) is 4.02. The summed E-state index contributed by atoms with van der Waals surface area (Å²) < 4.78 is 43.8. The van der Waals surface area contributed by atoms with Gasteiger partial charge in [-0.1, -0.05) is 23.2 Å². The lowest BCUT2D eigenvalue weighted by Gasteiger charge is -2.12. The van der Waals surface area contributed by atoms with Gasteiger partial charge in [-0.25, -0.2) is 0 Å². The minimum atomic E-state index is -4.51. The lowest BCUT2D eigenvalue weighted by Crippen LogP contribution is -2.14. The number of hydrogen-bond acceptors (Lipinski definition) is 2. The second-order valence-corrected chi connectivity index (χ2v) is 6.85. The van der Waals surface area contributed by atoms with Gasteiger partial charge in [0.05, 0.1) is 22.9 Å². The molecule has 0 radical (unpaired) electrons. The normalized spacial score (nSPS) is 11.4. The highest BCUT2D eigenvalue weighted by atomic mass is 35.5. The van der Waals surface area contributed by atoms with Crippen molar-refractivity contribution in [3.05, 3.63) is 57.1 Å². The van der Waals surface area contributed by atoms with Crippen molar-refractivity contribution < 1.29 is 22.7 Å². The Morgan fingerprint density at radius 1 is 1.11 bits per heavy atom. The second kappa shape index (κ2) is 8.85. The van der Waals surface area contributed by atoms with Gasteiger partial charge in [0.25, 0.3) is 0 Å². The number of benzene rings is 2. The summed E-state index contributed by atoms with van der Waals surface area (Å²) in [6.07, 6.45) is -4.03. The summed E-state index contributed by atoms with van der Waals surface area (Å²) in [4.78, 5) is 12.0. The number of anilines is 1. The van der Waals surface area contributed by atoms with Crippen molar-refractivity contribution in [3.63, 3.8) is 0 Å². The van der Waals surface area contributed by atoms with E-state index in [-0.39, 0.29) is 23.7 Å². The van der Waals surface area contributed by atoms with Crippen molar-refractivity contribution in [3.8, 4) is 5.75 Å². The van der Waals surface area contributed by atoms with Crippen molar-refractivity contribution >= 4 is 34.8 Å². The summed E-state index contributed by atoms with van der Waals surface area (Å²) >= 11 is 11.9. The Morgan fingerprint density at radius 3 is 2.33 bits per heavy atom. The molecule has 0 heterocycles. The lowest BCUT2D eigenvalue weighted by molar-refractivity contribution is -0.137. The van der Waals surface area contributed by atoms with Gasteiger partial charge in [-0.05, 0) is 61.7 Å². The number of hydrogen-bond donors (Lipinski definition) is 1. The molecule has 0 aliphatic heterocycles. The molecule has 1 amide bonds. The maximum absolute atomic E-state index is 12.7. The zero-order valence-corrected chi connectivity index (χ0v) is 16.2. The molecule has 0 fully saturated rings. The molecule has 0 bridgehead atoms. The van der Waals surface area contributed by atoms with Crippen molar-refractivity contribution in [2.75, 3.05) is 11.9 Å². The van der Waals surface area contributed by atoms with E-state index in [1.54, 1.807) is 12.1 Å². The van der Waals surface area contributed by atoms with Gasteiger partial charge < -0.3 is 10.1 Å². The van der Waals surface area contributed by atoms with Crippen LogP contribution in [-0.2, 0) is 11.0 Å². The third-order valence-electron chi connectivity index (χ3n) is 3.79. The van der Waals surface area contributed by atoms with Gasteiger partial charge in [0.1, 0.15) is 5.75 Å². The van der Waals surface area contributed by atoms with Crippen LogP contribution in [0, 0.1) is 13.8 Å². The summed E-state index contributed by atoms with van der Waals surface area (Å²) in [6, 6.07) is 6.39. The largest absolute Gasteiger partial charge is 0.494 e. The molecular formula is C19H18Cl2F3NO2. The van der Waals surface area contributed by atoms with Crippen LogP contribution in [-0.4, -0.2) is 12.5 Å². The van der Waals surface area contributed by atoms with Crippen LogP contribution in [0.1, 0.15) is 29.5 Å². The first kappa shape index (κ1) is 21.4. The minimum Gasteiger partial charge on any atom is -0.494 e. The van der Waals surface area contributed by atoms with E-state index >= 15 is 0 Å². The molecule has 2 aromatic carbocycles. The van der Waals surface area contributed by atoms with Crippen LogP contribution < -0.4 is 10.1 Å². The highest BCUT2D eigenvalue weighted by Crippen LogP contribution is 2.34. The maximum atomic E-state index is 12.7. The Bertz CT molecular complexity index is 815. The molecule has 0 aliphatic carbocycles. The van der Waals surface area contributed by atoms with Gasteiger partial charge >= 0.3 is 6.18 Å². The number of carbonyl (C=O) groups excluding carboxylic acids is 1. The molecule has 2 rings (SSSR count). The fraction of sp³-hybridized carbons (Fsp3) is 0.316. The van der Waals surface area contributed by atoms with E-state index in [0.29, 0.717) is 17.2 Å². The van der Waals surface area contributed by atoms with Crippen LogP contribution in [0.2, 0.25) is 10.0 Å². The van der Waals surface area contributed by atoms with Gasteiger partial charge in [0.15, 0.2) is 0 Å². The van der Waals surface area contributed by atoms with E-state index in [0.717, 1.165) is 29.3 Å². The molecule has 0 atom stereocenters. The van der Waals surface area contributed by atoms with E-state index in [2.05, 4.69) is 5.32 Å². The summed E-state index contributed by atoms with van der Waals surface area (Å²) in [5.41, 5.74) is 0.840. The molecule has 2 aromatic rings. The Morgan fingerprint density at radius 2 is 1.74 bits per heavy atom. The molecule has 8 heteroatoms. The quantitative estimate of drug-likeness (QED) is 0.548. The van der Waals surface area contributed by atoms with Crippen LogP contribution in [0.3, 0.4) is 0 Å². The van der Waals surface area contributed by atoms with Crippen molar-refractivity contribution in [1.82, 2.24) is 0 Å². The molecule has 1 N–H and O–H groups in total. The highest BCUT2D eigenvalue weighted by Gasteiger charge is 2.31. The van der Waals surface area contributed by atoms with Crippen molar-refractivity contribution in [2.24, 2.45) is 0 Å². The fourth-order valence-corrected chi connectivity index (χ4v) is 2.70. The second-order valence-electron chi connectivity index (χ2n) is 6.06. The summed E-state index contributed by atoms with van der Waals surface area (Å²) in [5.74, 6) is 0.207. The van der Waals surface area contributed by atoms with Gasteiger partial charge in [-0.3, -0.25) is 4.79 Å². The number of halogens is 5. The topological polar surface area (TPSA) is 38.3 Å². The van der Waals surface area contributed by atoms with E-state index < -0.39 is 17.6 Å². The van der Waals surface area contributed by atoms with Crippen LogP contribution in [0.25, 0.3) is 0 Å². The average molecular weight is 420 g/mol. The Labute approximate surface area is 165 Å². The van der Waals surface area contributed by atoms with E-state index in [4.69, 9.17) is 27.9 Å². The molecule has 3 nitrogen and oxygen atoms in total. The standard InChI is InChI=1S/C19H18Cl2F3NO2/c1-11-8-14(9-12(2)18(11)21)27-7-3-4-17(26)25-16-10-13(19(22,23)24)5-6-15(16)20/h5-6,8-10H,3-4,7H2,1-2H3,(H,25,26). The van der Waals surface area contributed by atoms with Gasteiger partial charge in [0.2, 0.25) is 5.91 Å². The molecule has 0 aliphatic rings. The van der Waals surface area contributed by atoms with E-state index in [1.807, 2.05) is 13.8 Å². The van der Waals surface area contributed by atoms with Gasteiger partial charge in [0, 0.05) is 11.4 Å². The third kappa shape index (κ3) is 6.04. The number of aryl methyl sites for hydroxylation is 2. The number of ether oxygens (including phenoxy) is 1. The first-order chi connectivity index (χ1) is 12.6. The Balaban J connectivity index is 1.87. The Kier molecular flexibility index (Phi) is 7.00. The molecule has 27 heavy (non-hydrogen) atoms. The number of nitrogens with one attached hydrogen (secondary N) is 1. The van der Waals surface area contributed by atoms with Crippen LogP contribution in [0.5, 0.6) is 5.75 Å². The van der Waals surface area contributed by atoms with Crippen LogP contribution >= 0.6 is 23.2 Å². The van der Waals surface area contributed by atoms with E-state index in [9.17, 15) is 18.0 Å². The minimum absolute atomic E-state index is 0.0414. The molecule has 0 aromatic heterocycles. The zero-order chi connectivity index (χ0) is 20.2. The third-order valence-corrected chi connectivity index (χ3v) is 4.72. The zero-order valence-electron chi connectivity index (χ0n) is 14.7. The molecule has 0 saturated carbocycles. The number of carbonyl (C=O) groups is 1. The number of rotatable bonds is 6. The SMILES string of the molecule is Cc1cc(OCCCC(=O)Nc2cc(C(F)(F)F)ccc2Cl)cc(C)c1Cl. The maximum Gasteiger partial charge on any atom is 0.416 e. The Hall–Kier alpha value is -1.92. The molecule has 0 saturated heterocycles. The number of amides is 1. The summed E-state index contributed by atoms with van der Waals surface area (Å²) in [7, 11) is 0. The predicted molar refractivity (Wildman–Crippen MR) is 101 cm³/mol. The van der Waals surface area contributed by atoms with Crippen LogP contribution in [0.15, 0.2) is 30.3 Å². The van der Waals surface area contributed by atoms with Crippen LogP contribution in [0.4, 0.5) is 18.9 Å². The monoisotopic (exact) mass is 419 g/mol. The van der Waals surface area contributed by atoms with E-state index in [1.165, 1.54) is 0 Å². The van der Waals surface area contributed by atoms with Crippen molar-refractivity contribution in [2.45, 2.75) is 32.9 Å². The molecular weight excluding hydrogens is 402 g/mol. The van der Waals surface area contributed by atoms with Crippen molar-refractivity contribution in [1.29, 1.82) is 0 Å². The lowest BCUT2D eigenvalue weighted by atomic mass is 10.1. The smallest absolute Gasteiger partial charge is 0.416 e. The molecule has 0 spiro atoms. The summed E-state index contributed by atoms with van der Waals surface area (Å²) in [5, 5.41) is 3.12. The first-order valence-electron chi connectivity index (χ1n) is 8.14. The predicted octanol–water partition coefficient (Wildman–Crippen LogP) is 6.43. The molecule has 0 unspecified atom stereocenters. The fourth-order valence-electron chi connectivity index (χ4n) is 2.42. The molecule has 146 valence electrons.